The van der Waals surface area contributed by atoms with E-state index in [0.717, 1.165) is 29.1 Å². The predicted molar refractivity (Wildman–Crippen MR) is 86.6 cm³/mol. The fraction of sp³-hybridized carbons (Fsp3) is 0.571. The van der Waals surface area contributed by atoms with Gasteiger partial charge in [0, 0.05) is 11.0 Å². The first-order valence-corrected chi connectivity index (χ1v) is 8.51. The van der Waals surface area contributed by atoms with E-state index in [0.29, 0.717) is 0 Å². The molecule has 0 unspecified atom stereocenters. The van der Waals surface area contributed by atoms with E-state index in [1.807, 2.05) is 23.9 Å². The summed E-state index contributed by atoms with van der Waals surface area (Å²) in [6, 6.07) is 3.96. The molecule has 0 amide bonds. The summed E-state index contributed by atoms with van der Waals surface area (Å²) in [5.41, 5.74) is 1.18. The number of hydrogen-bond donors (Lipinski definition) is 1. The third kappa shape index (κ3) is 5.63. The molecule has 108 valence electrons. The summed E-state index contributed by atoms with van der Waals surface area (Å²) in [7, 11) is 3.30. The minimum absolute atomic E-state index is 0.748. The van der Waals surface area contributed by atoms with Gasteiger partial charge in [0.25, 0.3) is 0 Å². The number of rotatable bonds is 9. The first-order valence-electron chi connectivity index (χ1n) is 6.33. The molecule has 0 aromatic heterocycles. The summed E-state index contributed by atoms with van der Waals surface area (Å²) in [5.74, 6) is 2.75. The molecule has 19 heavy (non-hydrogen) atoms. The number of methoxy groups -OCH3 is 2. The predicted octanol–water partition coefficient (Wildman–Crippen LogP) is 3.70. The minimum atomic E-state index is 0.748. The van der Waals surface area contributed by atoms with Gasteiger partial charge in [-0.15, -0.1) is 0 Å². The lowest BCUT2D eigenvalue weighted by atomic mass is 10.2. The van der Waals surface area contributed by atoms with Crippen molar-refractivity contribution in [3.63, 3.8) is 0 Å². The molecule has 1 N–H and O–H groups in total. The van der Waals surface area contributed by atoms with E-state index in [4.69, 9.17) is 9.47 Å². The smallest absolute Gasteiger partial charge is 0.161 e. The third-order valence-corrected chi connectivity index (χ3v) is 4.26. The van der Waals surface area contributed by atoms with Crippen molar-refractivity contribution in [1.29, 1.82) is 0 Å². The van der Waals surface area contributed by atoms with Gasteiger partial charge in [0.05, 0.1) is 14.2 Å². The van der Waals surface area contributed by atoms with E-state index in [1.165, 1.54) is 24.2 Å². The monoisotopic (exact) mass is 347 g/mol. The summed E-state index contributed by atoms with van der Waals surface area (Å²) in [5, 5.41) is 3.45. The van der Waals surface area contributed by atoms with Crippen LogP contribution in [-0.4, -0.2) is 32.8 Å². The van der Waals surface area contributed by atoms with Gasteiger partial charge >= 0.3 is 0 Å². The molecule has 0 fully saturated rings. The Labute approximate surface area is 128 Å². The van der Waals surface area contributed by atoms with E-state index < -0.39 is 0 Å². The van der Waals surface area contributed by atoms with Gasteiger partial charge in [-0.2, -0.15) is 11.8 Å². The Balaban J connectivity index is 2.49. The van der Waals surface area contributed by atoms with E-state index in [1.54, 1.807) is 14.2 Å². The first-order chi connectivity index (χ1) is 9.22. The molecule has 0 aliphatic rings. The highest BCUT2D eigenvalue weighted by atomic mass is 79.9. The average Bonchev–Trinajstić information content (AvgIpc) is 2.43. The molecule has 1 rings (SSSR count). The zero-order chi connectivity index (χ0) is 14.1. The van der Waals surface area contributed by atoms with Crippen LogP contribution in [-0.2, 0) is 6.54 Å². The molecule has 0 spiro atoms. The Hall–Kier alpha value is -0.390. The van der Waals surface area contributed by atoms with Crippen LogP contribution in [0.25, 0.3) is 0 Å². The Kier molecular flexibility index (Phi) is 8.34. The fourth-order valence-corrected chi connectivity index (χ4v) is 2.71. The van der Waals surface area contributed by atoms with Crippen LogP contribution in [0.3, 0.4) is 0 Å². The quantitative estimate of drug-likeness (QED) is 0.690. The van der Waals surface area contributed by atoms with E-state index in [9.17, 15) is 0 Å². The summed E-state index contributed by atoms with van der Waals surface area (Å²) in [6.07, 6.45) is 4.63. The summed E-state index contributed by atoms with van der Waals surface area (Å²) < 4.78 is 11.6. The normalized spacial score (nSPS) is 10.5. The van der Waals surface area contributed by atoms with E-state index >= 15 is 0 Å². The molecule has 0 atom stereocenters. The maximum atomic E-state index is 5.31. The van der Waals surface area contributed by atoms with Crippen LogP contribution in [0, 0.1) is 0 Å². The lowest BCUT2D eigenvalue weighted by Gasteiger charge is -2.12. The van der Waals surface area contributed by atoms with Crippen LogP contribution in [0.4, 0.5) is 0 Å². The van der Waals surface area contributed by atoms with E-state index in [2.05, 4.69) is 27.5 Å². The van der Waals surface area contributed by atoms with Crippen LogP contribution >= 0.6 is 27.7 Å². The molecule has 0 aliphatic heterocycles. The van der Waals surface area contributed by atoms with Gasteiger partial charge in [0.1, 0.15) is 0 Å². The molecule has 0 bridgehead atoms. The Morgan fingerprint density at radius 3 is 2.47 bits per heavy atom. The summed E-state index contributed by atoms with van der Waals surface area (Å²) in [6.45, 7) is 1.88. The number of thioether (sulfide) groups is 1. The topological polar surface area (TPSA) is 30.5 Å². The lowest BCUT2D eigenvalue weighted by molar-refractivity contribution is 0.354. The van der Waals surface area contributed by atoms with Crippen molar-refractivity contribution in [3.8, 4) is 11.5 Å². The maximum absolute atomic E-state index is 5.31. The second-order valence-corrected chi connectivity index (χ2v) is 6.02. The highest BCUT2D eigenvalue weighted by molar-refractivity contribution is 9.10. The van der Waals surface area contributed by atoms with Crippen molar-refractivity contribution in [1.82, 2.24) is 5.32 Å². The van der Waals surface area contributed by atoms with Gasteiger partial charge in [-0.1, -0.05) is 15.9 Å². The van der Waals surface area contributed by atoms with Crippen LogP contribution < -0.4 is 14.8 Å². The third-order valence-electron chi connectivity index (χ3n) is 2.82. The molecule has 0 heterocycles. The molecule has 5 heteroatoms. The molecule has 0 aliphatic carbocycles. The number of ether oxygens (including phenoxy) is 2. The second kappa shape index (κ2) is 9.50. The van der Waals surface area contributed by atoms with Crippen LogP contribution in [0.5, 0.6) is 11.5 Å². The summed E-state index contributed by atoms with van der Waals surface area (Å²) >= 11 is 5.47. The number of benzene rings is 1. The molecule has 1 aromatic carbocycles. The minimum Gasteiger partial charge on any atom is -0.493 e. The van der Waals surface area contributed by atoms with Crippen molar-refractivity contribution in [2.75, 3.05) is 32.8 Å². The van der Waals surface area contributed by atoms with Crippen LogP contribution in [0.1, 0.15) is 18.4 Å². The summed E-state index contributed by atoms with van der Waals surface area (Å²) in [4.78, 5) is 0. The number of nitrogens with one attached hydrogen (secondary N) is 1. The second-order valence-electron chi connectivity index (χ2n) is 4.18. The molecule has 1 aromatic rings. The Morgan fingerprint density at radius 2 is 1.84 bits per heavy atom. The van der Waals surface area contributed by atoms with Crippen molar-refractivity contribution in [2.24, 2.45) is 0 Å². The van der Waals surface area contributed by atoms with Crippen molar-refractivity contribution in [3.05, 3.63) is 22.2 Å². The molecule has 3 nitrogen and oxygen atoms in total. The molecule has 0 radical (unpaired) electrons. The number of unbranched alkanes of at least 4 members (excludes halogenated alkanes) is 1. The van der Waals surface area contributed by atoms with Gasteiger partial charge in [-0.05, 0) is 49.1 Å². The highest BCUT2D eigenvalue weighted by Gasteiger charge is 2.08. The first kappa shape index (κ1) is 16.7. The van der Waals surface area contributed by atoms with Crippen LogP contribution in [0.15, 0.2) is 16.6 Å². The fourth-order valence-electron chi connectivity index (χ4n) is 1.75. The highest BCUT2D eigenvalue weighted by Crippen LogP contribution is 2.33. The van der Waals surface area contributed by atoms with Gasteiger partial charge in [0.15, 0.2) is 11.5 Å². The zero-order valence-electron chi connectivity index (χ0n) is 11.8. The number of hydrogen-bond acceptors (Lipinski definition) is 4. The van der Waals surface area contributed by atoms with Crippen molar-refractivity contribution < 1.29 is 9.47 Å². The number of halogens is 1. The van der Waals surface area contributed by atoms with Gasteiger partial charge in [0.2, 0.25) is 0 Å². The van der Waals surface area contributed by atoms with Gasteiger partial charge in [-0.3, -0.25) is 0 Å². The largest absolute Gasteiger partial charge is 0.493 e. The molecular formula is C14H22BrNO2S. The maximum Gasteiger partial charge on any atom is 0.161 e. The molecule has 0 saturated heterocycles. The molecular weight excluding hydrogens is 326 g/mol. The Bertz CT molecular complexity index is 388. The Morgan fingerprint density at radius 1 is 1.16 bits per heavy atom. The van der Waals surface area contributed by atoms with Crippen molar-refractivity contribution >= 4 is 27.7 Å². The SMILES string of the molecule is COc1cc(Br)c(CNCCCCSC)cc1OC. The van der Waals surface area contributed by atoms with Crippen LogP contribution in [0.2, 0.25) is 0 Å². The van der Waals surface area contributed by atoms with Crippen molar-refractivity contribution in [2.45, 2.75) is 19.4 Å². The van der Waals surface area contributed by atoms with E-state index in [-0.39, 0.29) is 0 Å². The zero-order valence-corrected chi connectivity index (χ0v) is 14.2. The average molecular weight is 348 g/mol. The van der Waals surface area contributed by atoms with Gasteiger partial charge in [-0.25, -0.2) is 0 Å². The van der Waals surface area contributed by atoms with Gasteiger partial charge < -0.3 is 14.8 Å². The lowest BCUT2D eigenvalue weighted by Crippen LogP contribution is -2.15. The molecule has 0 saturated carbocycles. The standard InChI is InChI=1S/C14H22BrNO2S/c1-17-13-8-11(12(15)9-14(13)18-2)10-16-6-4-5-7-19-3/h8-9,16H,4-7,10H2,1-3H3.